The summed E-state index contributed by atoms with van der Waals surface area (Å²) in [6.45, 7) is 0. The van der Waals surface area contributed by atoms with Crippen molar-refractivity contribution in [3.8, 4) is 0 Å². The minimum atomic E-state index is 0.0556. The fourth-order valence-corrected chi connectivity index (χ4v) is 0. The van der Waals surface area contributed by atoms with Gasteiger partial charge in [-0.25, -0.2) is 0 Å². The van der Waals surface area contributed by atoms with Gasteiger partial charge in [0.25, 0.3) is 0 Å². The van der Waals surface area contributed by atoms with Crippen molar-refractivity contribution in [1.82, 2.24) is 0 Å². The van der Waals surface area contributed by atoms with Crippen LogP contribution in [0.4, 0.5) is 0 Å². The second-order valence-corrected chi connectivity index (χ2v) is 0. The van der Waals surface area contributed by atoms with Crippen molar-refractivity contribution < 1.29 is 61.8 Å². The first-order chi connectivity index (χ1) is 2.00. The Bertz CT molecular complexity index is 8.00. The normalized spacial score (nSPS) is 1.50. The van der Waals surface area contributed by atoms with E-state index in [1.807, 2.05) is 0 Å². The first kappa shape index (κ1) is 9.12. The van der Waals surface area contributed by atoms with Crippen LogP contribution in [-0.2, 0) is 22.0 Å². The molecule has 0 saturated heterocycles. The van der Waals surface area contributed by atoms with E-state index >= 15 is 0 Å². The molecule has 0 radical (unpaired) electrons. The third kappa shape index (κ3) is 9.58. The molecule has 4 heavy (non-hydrogen) atoms. The predicted molar refractivity (Wildman–Crippen MR) is 1.37 cm³/mol. The molecule has 2 nitrogen and oxygen atoms in total. The molecule has 0 aliphatic carbocycles. The third-order valence-corrected chi connectivity index (χ3v) is 0. The van der Waals surface area contributed by atoms with Gasteiger partial charge in [-0.1, -0.05) is 0 Å². The molecular weight excluding hydrogens is 223 g/mol. The van der Waals surface area contributed by atoms with Crippen molar-refractivity contribution in [3.63, 3.8) is 0 Å². The molecule has 0 aliphatic rings. The Morgan fingerprint density at radius 2 is 1.25 bits per heavy atom. The average molecular weight is 223 g/mol. The van der Waals surface area contributed by atoms with Crippen LogP contribution in [0.25, 0.3) is 0 Å². The zero-order chi connectivity index (χ0) is 4.00. The standard InChI is InChI=1S/Ce.2O.V. The summed E-state index contributed by atoms with van der Waals surface area (Å²) < 4.78 is 16.6. The SMILES string of the molecule is [O]=[Ce].[O]=[V]. The molecule has 0 N–H and O–H groups in total. The van der Waals surface area contributed by atoms with Gasteiger partial charge in [-0.05, 0) is 0 Å². The van der Waals surface area contributed by atoms with Crippen LogP contribution in [0.2, 0.25) is 0 Å². The summed E-state index contributed by atoms with van der Waals surface area (Å²) in [7, 11) is 0. The van der Waals surface area contributed by atoms with E-state index in [-0.39, 0.29) is 39.8 Å². The summed E-state index contributed by atoms with van der Waals surface area (Å²) in [5, 5.41) is 0. The van der Waals surface area contributed by atoms with E-state index in [0.29, 0.717) is 0 Å². The van der Waals surface area contributed by atoms with Crippen molar-refractivity contribution in [3.05, 3.63) is 0 Å². The summed E-state index contributed by atoms with van der Waals surface area (Å²) in [6, 6.07) is 0. The third-order valence-electron chi connectivity index (χ3n) is 0. The van der Waals surface area contributed by atoms with Gasteiger partial charge in [0.1, 0.15) is 0 Å². The summed E-state index contributed by atoms with van der Waals surface area (Å²) >= 11 is 1.12. The monoisotopic (exact) mass is 223 g/mol. The second-order valence-electron chi connectivity index (χ2n) is 0. The summed E-state index contributed by atoms with van der Waals surface area (Å²) in [4.78, 5) is 0. The van der Waals surface area contributed by atoms with Crippen LogP contribution in [0.15, 0.2) is 0 Å². The molecule has 0 heterocycles. The Hall–Kier alpha value is 1.56. The molecule has 0 aromatic carbocycles. The molecule has 21 valence electrons. The molecule has 0 amide bonds. The molecule has 0 aromatic rings. The molecule has 4 heteroatoms. The molecule has 0 fully saturated rings. The van der Waals surface area contributed by atoms with Crippen molar-refractivity contribution in [2.24, 2.45) is 0 Å². The zero-order valence-electron chi connectivity index (χ0n) is 1.76. The van der Waals surface area contributed by atoms with Crippen LogP contribution in [0.5, 0.6) is 0 Å². The van der Waals surface area contributed by atoms with Gasteiger partial charge in [-0.15, -0.1) is 0 Å². The topological polar surface area (TPSA) is 34.1 Å². The molecule has 0 spiro atoms. The van der Waals surface area contributed by atoms with E-state index in [2.05, 4.69) is 0 Å². The van der Waals surface area contributed by atoms with Crippen molar-refractivity contribution >= 4 is 0 Å². The molecule has 0 aromatic heterocycles. The molecule has 0 aliphatic heterocycles. The van der Waals surface area contributed by atoms with Crippen LogP contribution < -0.4 is 0 Å². The number of hydrogen-bond donors (Lipinski definition) is 0. The molecule has 0 rings (SSSR count). The Morgan fingerprint density at radius 3 is 1.25 bits per heavy atom. The van der Waals surface area contributed by atoms with Gasteiger partial charge in [0, 0.05) is 0 Å². The predicted octanol–water partition coefficient (Wildman–Crippen LogP) is -0.240. The summed E-state index contributed by atoms with van der Waals surface area (Å²) in [5.41, 5.74) is 0. The van der Waals surface area contributed by atoms with Crippen LogP contribution in [0, 0.1) is 39.8 Å². The fraction of sp³-hybridized carbons (Fsp3) is 0. The Morgan fingerprint density at radius 1 is 1.25 bits per heavy atom. The van der Waals surface area contributed by atoms with Crippen LogP contribution in [-0.4, -0.2) is 0 Å². The molecule has 0 unspecified atom stereocenters. The Balaban J connectivity index is 0. The van der Waals surface area contributed by atoms with E-state index < -0.39 is 0 Å². The van der Waals surface area contributed by atoms with Gasteiger partial charge in [-0.3, -0.25) is 0 Å². The number of hydrogen-bond acceptors (Lipinski definition) is 2. The van der Waals surface area contributed by atoms with E-state index in [1.165, 1.54) is 0 Å². The van der Waals surface area contributed by atoms with E-state index in [0.717, 1.165) is 17.4 Å². The van der Waals surface area contributed by atoms with Crippen LogP contribution in [0.1, 0.15) is 0 Å². The van der Waals surface area contributed by atoms with Crippen LogP contribution in [0.3, 0.4) is 0 Å². The van der Waals surface area contributed by atoms with E-state index in [9.17, 15) is 0 Å². The van der Waals surface area contributed by atoms with Gasteiger partial charge >= 0.3 is 61.8 Å². The maximum atomic E-state index is 8.39. The van der Waals surface area contributed by atoms with Crippen LogP contribution >= 0.6 is 0 Å². The molecule has 0 saturated carbocycles. The molecular formula is CeO2V. The van der Waals surface area contributed by atoms with E-state index in [1.54, 1.807) is 0 Å². The van der Waals surface area contributed by atoms with Gasteiger partial charge in [0.15, 0.2) is 0 Å². The Labute approximate surface area is 60.7 Å². The first-order valence-corrected chi connectivity index (χ1v) is 2.24. The van der Waals surface area contributed by atoms with Gasteiger partial charge in [-0.2, -0.15) is 0 Å². The van der Waals surface area contributed by atoms with Crippen molar-refractivity contribution in [2.45, 2.75) is 0 Å². The quantitative estimate of drug-likeness (QED) is 0.568. The zero-order valence-corrected chi connectivity index (χ0v) is 6.30. The minimum absolute atomic E-state index is 0.0556. The van der Waals surface area contributed by atoms with E-state index in [4.69, 9.17) is 4.61 Å². The maximum absolute atomic E-state index is 8.39. The molecule has 0 atom stereocenters. The summed E-state index contributed by atoms with van der Waals surface area (Å²) in [5.74, 6) is 0. The second kappa shape index (κ2) is 23.7. The van der Waals surface area contributed by atoms with Gasteiger partial charge in [0.2, 0.25) is 0 Å². The fourth-order valence-electron chi connectivity index (χ4n) is 0. The molecule has 0 bridgehead atoms. The van der Waals surface area contributed by atoms with Gasteiger partial charge in [0.05, 0.1) is 0 Å². The number of rotatable bonds is 0. The average Bonchev–Trinajstić information content (AvgIpc) is 1.50. The Kier molecular flexibility index (Phi) is 54.1. The van der Waals surface area contributed by atoms with Crippen molar-refractivity contribution in [2.75, 3.05) is 0 Å². The first-order valence-electron chi connectivity index (χ1n) is 0.387. The van der Waals surface area contributed by atoms with Crippen molar-refractivity contribution in [1.29, 1.82) is 0 Å². The summed E-state index contributed by atoms with van der Waals surface area (Å²) in [6.07, 6.45) is 0. The van der Waals surface area contributed by atoms with Gasteiger partial charge < -0.3 is 0 Å².